The molecule has 2 aromatic heterocycles. The number of nitrogens with two attached hydrogens (primary N) is 1. The van der Waals surface area contributed by atoms with E-state index in [4.69, 9.17) is 33.7 Å². The first-order valence-electron chi connectivity index (χ1n) is 6.40. The third-order valence-corrected chi connectivity index (χ3v) is 4.17. The number of aliphatic hydroxyl groups excluding tert-OH is 2. The zero-order valence-corrected chi connectivity index (χ0v) is 12.9. The number of H-pyrrole nitrogens is 1. The highest BCUT2D eigenvalue weighted by Gasteiger charge is 2.56. The number of anilines is 1. The fraction of sp³-hybridized carbons (Fsp3) is 0.417. The molecule has 1 saturated heterocycles. The zero-order chi connectivity index (χ0) is 16.8. The minimum Gasteiger partial charge on any atom is -0.394 e. The third-order valence-electron chi connectivity index (χ3n) is 3.57. The third kappa shape index (κ3) is 2.36. The Morgan fingerprint density at radius 1 is 1.61 bits per heavy atom. The first-order valence-corrected chi connectivity index (χ1v) is 7.16. The molecule has 0 bridgehead atoms. The van der Waals surface area contributed by atoms with Crippen LogP contribution in [0, 0.1) is 11.3 Å². The number of rotatable bonds is 2. The smallest absolute Gasteiger partial charge is 0.280 e. The minimum atomic E-state index is -1.66. The first kappa shape index (κ1) is 16.0. The van der Waals surface area contributed by atoms with Crippen LogP contribution in [-0.2, 0) is 4.74 Å². The van der Waals surface area contributed by atoms with Crippen molar-refractivity contribution in [1.82, 2.24) is 19.5 Å². The number of aromatic nitrogens is 4. The fourth-order valence-corrected chi connectivity index (χ4v) is 3.04. The second-order valence-electron chi connectivity index (χ2n) is 4.92. The van der Waals surface area contributed by atoms with Crippen molar-refractivity contribution in [3.8, 4) is 11.3 Å². The number of nitrogens with zero attached hydrogens (tertiary/aromatic N) is 3. The zero-order valence-electron chi connectivity index (χ0n) is 11.4. The molecule has 0 aromatic carbocycles. The molecule has 2 aromatic rings. The molecule has 0 saturated carbocycles. The van der Waals surface area contributed by atoms with Gasteiger partial charge in [-0.3, -0.25) is 14.3 Å². The Morgan fingerprint density at radius 3 is 3.00 bits per heavy atom. The van der Waals surface area contributed by atoms with Gasteiger partial charge in [-0.25, -0.2) is 4.98 Å². The fourth-order valence-electron chi connectivity index (χ4n) is 2.49. The number of alkyl halides is 1. The maximum absolute atomic E-state index is 11.8. The minimum absolute atomic E-state index is 0.0163. The molecule has 1 fully saturated rings. The van der Waals surface area contributed by atoms with Gasteiger partial charge in [0, 0.05) is 5.38 Å². The van der Waals surface area contributed by atoms with Crippen molar-refractivity contribution in [2.45, 2.75) is 23.3 Å². The van der Waals surface area contributed by atoms with Crippen molar-refractivity contribution in [3.63, 3.8) is 0 Å². The van der Waals surface area contributed by atoms with Crippen LogP contribution >= 0.6 is 23.2 Å². The lowest BCUT2D eigenvalue weighted by molar-refractivity contribution is -0.0436. The number of nitrogen functional groups attached to an aromatic ring is 1. The largest absolute Gasteiger partial charge is 0.394 e. The van der Waals surface area contributed by atoms with Crippen LogP contribution in [0.2, 0.25) is 0 Å². The Hall–Kier alpha value is -1.83. The summed E-state index contributed by atoms with van der Waals surface area (Å²) in [6.07, 6.45) is -2.16. The van der Waals surface area contributed by atoms with Crippen LogP contribution in [0.1, 0.15) is 6.23 Å². The Labute approximate surface area is 139 Å². The molecular formula is C12H11Cl2N5O4. The number of hydrogen-bond acceptors (Lipinski definition) is 7. The van der Waals surface area contributed by atoms with Gasteiger partial charge >= 0.3 is 0 Å². The van der Waals surface area contributed by atoms with E-state index in [-0.39, 0.29) is 17.1 Å². The van der Waals surface area contributed by atoms with Gasteiger partial charge in [0.2, 0.25) is 5.95 Å². The quantitative estimate of drug-likeness (QED) is 0.403. The number of aromatic amines is 1. The van der Waals surface area contributed by atoms with Crippen molar-refractivity contribution in [3.05, 3.63) is 16.7 Å². The molecule has 0 radical (unpaired) electrons. The van der Waals surface area contributed by atoms with E-state index < -0.39 is 35.5 Å². The second-order valence-corrected chi connectivity index (χ2v) is 5.73. The van der Waals surface area contributed by atoms with E-state index in [9.17, 15) is 15.0 Å². The van der Waals surface area contributed by atoms with E-state index >= 15 is 0 Å². The van der Waals surface area contributed by atoms with E-state index in [2.05, 4.69) is 26.3 Å². The molecular weight excluding hydrogens is 349 g/mol. The summed E-state index contributed by atoms with van der Waals surface area (Å²) in [6, 6.07) is 0. The predicted octanol–water partition coefficient (Wildman–Crippen LogP) is -0.870. The number of hydrogen-bond donors (Lipinski definition) is 4. The van der Waals surface area contributed by atoms with E-state index in [1.807, 2.05) is 0 Å². The van der Waals surface area contributed by atoms with Crippen molar-refractivity contribution in [2.75, 3.05) is 12.3 Å². The van der Waals surface area contributed by atoms with Crippen molar-refractivity contribution in [2.24, 2.45) is 0 Å². The Kier molecular flexibility index (Phi) is 3.95. The van der Waals surface area contributed by atoms with Gasteiger partial charge in [-0.1, -0.05) is 17.5 Å². The van der Waals surface area contributed by atoms with E-state index in [0.717, 1.165) is 0 Å². The normalized spacial score (nSPS) is 30.3. The molecule has 122 valence electrons. The van der Waals surface area contributed by atoms with Crippen LogP contribution in [0.15, 0.2) is 11.1 Å². The molecule has 0 amide bonds. The van der Waals surface area contributed by atoms with Crippen LogP contribution < -0.4 is 11.3 Å². The highest BCUT2D eigenvalue weighted by molar-refractivity contribution is 6.32. The summed E-state index contributed by atoms with van der Waals surface area (Å²) in [6.45, 7) is -0.487. The Balaban J connectivity index is 2.20. The summed E-state index contributed by atoms with van der Waals surface area (Å²) in [5.74, 6) is 2.35. The highest BCUT2D eigenvalue weighted by atomic mass is 35.5. The molecule has 9 nitrogen and oxygen atoms in total. The molecule has 23 heavy (non-hydrogen) atoms. The number of halogens is 2. The van der Waals surface area contributed by atoms with Gasteiger partial charge in [0.1, 0.15) is 12.2 Å². The highest BCUT2D eigenvalue weighted by Crippen LogP contribution is 2.43. The SMILES string of the molecule is Nc1nc2c(ncn2[C@@H]2O[C@H](CO)C(O)[C@]2(Cl)C#CCl)c(=O)[nH]1. The predicted molar refractivity (Wildman–Crippen MR) is 81.8 cm³/mol. The molecule has 0 aliphatic carbocycles. The number of fused-ring (bicyclic) bond motifs is 1. The summed E-state index contributed by atoms with van der Waals surface area (Å²) in [7, 11) is 0. The summed E-state index contributed by atoms with van der Waals surface area (Å²) in [4.78, 5) is 20.4. The van der Waals surface area contributed by atoms with Crippen molar-refractivity contribution >= 4 is 40.3 Å². The maximum atomic E-state index is 11.8. The number of aliphatic hydroxyl groups is 2. The molecule has 1 unspecified atom stereocenters. The van der Waals surface area contributed by atoms with Crippen molar-refractivity contribution in [1.29, 1.82) is 0 Å². The molecule has 1 aliphatic rings. The standard InChI is InChI=1S/C12H11Cl2N5O4/c13-2-1-12(14)7(21)5(3-20)23-10(12)19-4-16-6-8(19)17-11(15)18-9(6)22/h4-5,7,10,20-21H,3H2,(H3,15,17,18,22)/t5-,7?,10-,12-/m1/s1. The van der Waals surface area contributed by atoms with Gasteiger partial charge in [-0.2, -0.15) is 4.98 Å². The second kappa shape index (κ2) is 5.67. The van der Waals surface area contributed by atoms with Crippen molar-refractivity contribution < 1.29 is 14.9 Å². The summed E-state index contributed by atoms with van der Waals surface area (Å²) in [5, 5.41) is 21.7. The monoisotopic (exact) mass is 359 g/mol. The van der Waals surface area contributed by atoms with Crippen LogP contribution in [0.25, 0.3) is 11.2 Å². The molecule has 1 aliphatic heterocycles. The van der Waals surface area contributed by atoms with E-state index in [1.165, 1.54) is 10.9 Å². The van der Waals surface area contributed by atoms with Gasteiger partial charge in [0.05, 0.1) is 12.9 Å². The average Bonchev–Trinajstić information content (AvgIpc) is 3.01. The average molecular weight is 360 g/mol. The topological polar surface area (TPSA) is 139 Å². The molecule has 3 heterocycles. The number of ether oxygens (including phenoxy) is 1. The molecule has 5 N–H and O–H groups in total. The Morgan fingerprint density at radius 2 is 2.35 bits per heavy atom. The molecule has 11 heteroatoms. The van der Waals surface area contributed by atoms with Crippen LogP contribution in [0.3, 0.4) is 0 Å². The molecule has 4 atom stereocenters. The van der Waals surface area contributed by atoms with Crippen LogP contribution in [0.5, 0.6) is 0 Å². The lowest BCUT2D eigenvalue weighted by atomic mass is 9.99. The van der Waals surface area contributed by atoms with Crippen LogP contribution in [0.4, 0.5) is 5.95 Å². The van der Waals surface area contributed by atoms with E-state index in [1.54, 1.807) is 0 Å². The lowest BCUT2D eigenvalue weighted by Crippen LogP contribution is -2.41. The number of imidazole rings is 1. The molecule has 0 spiro atoms. The lowest BCUT2D eigenvalue weighted by Gasteiger charge is -2.25. The van der Waals surface area contributed by atoms with Crippen LogP contribution in [-0.4, -0.2) is 53.4 Å². The summed E-state index contributed by atoms with van der Waals surface area (Å²) in [5.41, 5.74) is 5.12. The number of nitrogens with one attached hydrogen (secondary N) is 1. The maximum Gasteiger partial charge on any atom is 0.280 e. The van der Waals surface area contributed by atoms with E-state index in [0.29, 0.717) is 0 Å². The van der Waals surface area contributed by atoms with Gasteiger partial charge in [0.15, 0.2) is 22.3 Å². The van der Waals surface area contributed by atoms with Gasteiger partial charge in [0.25, 0.3) is 5.56 Å². The van der Waals surface area contributed by atoms with Gasteiger partial charge in [-0.05, 0) is 11.6 Å². The molecule has 3 rings (SSSR count). The summed E-state index contributed by atoms with van der Waals surface area (Å²) >= 11 is 11.8. The summed E-state index contributed by atoms with van der Waals surface area (Å²) < 4.78 is 6.87. The van der Waals surface area contributed by atoms with Gasteiger partial charge < -0.3 is 20.7 Å². The first-order chi connectivity index (χ1) is 10.9. The van der Waals surface area contributed by atoms with Gasteiger partial charge in [-0.15, -0.1) is 0 Å². The Bertz CT molecular complexity index is 872.